The second-order valence-electron chi connectivity index (χ2n) is 5.46. The molecule has 0 spiro atoms. The highest BCUT2D eigenvalue weighted by Crippen LogP contribution is 2.45. The SMILES string of the molecule is C=C(CC(=O)OC1(c2ccc(C)cc2)CCC1)C(=O)OC. The molecule has 4 heteroatoms. The smallest absolute Gasteiger partial charge is 0.333 e. The Labute approximate surface area is 124 Å². The molecule has 0 aliphatic heterocycles. The number of methoxy groups -OCH3 is 1. The zero-order valence-electron chi connectivity index (χ0n) is 12.5. The Morgan fingerprint density at radius 3 is 2.33 bits per heavy atom. The highest BCUT2D eigenvalue weighted by molar-refractivity contribution is 5.93. The van der Waals surface area contributed by atoms with Crippen LogP contribution in [0.2, 0.25) is 0 Å². The summed E-state index contributed by atoms with van der Waals surface area (Å²) in [6.45, 7) is 5.57. The molecule has 0 amide bonds. The fraction of sp³-hybridized carbons (Fsp3) is 0.412. The van der Waals surface area contributed by atoms with Gasteiger partial charge in [0.2, 0.25) is 0 Å². The minimum atomic E-state index is -0.579. The first-order valence-electron chi connectivity index (χ1n) is 7.02. The number of esters is 2. The van der Waals surface area contributed by atoms with Crippen molar-refractivity contribution in [2.45, 2.75) is 38.2 Å². The second kappa shape index (κ2) is 6.12. The summed E-state index contributed by atoms with van der Waals surface area (Å²) in [7, 11) is 1.26. The van der Waals surface area contributed by atoms with Crippen molar-refractivity contribution in [3.8, 4) is 0 Å². The summed E-state index contributed by atoms with van der Waals surface area (Å²) < 4.78 is 10.2. The van der Waals surface area contributed by atoms with Crippen LogP contribution in [0.15, 0.2) is 36.4 Å². The van der Waals surface area contributed by atoms with E-state index in [1.165, 1.54) is 12.7 Å². The first kappa shape index (κ1) is 15.3. The molecule has 1 aliphatic rings. The van der Waals surface area contributed by atoms with E-state index in [1.807, 2.05) is 31.2 Å². The third kappa shape index (κ3) is 3.32. The molecule has 1 fully saturated rings. The maximum absolute atomic E-state index is 12.0. The second-order valence-corrected chi connectivity index (χ2v) is 5.46. The highest BCUT2D eigenvalue weighted by atomic mass is 16.6. The van der Waals surface area contributed by atoms with E-state index >= 15 is 0 Å². The number of benzene rings is 1. The topological polar surface area (TPSA) is 52.6 Å². The Balaban J connectivity index is 2.05. The summed E-state index contributed by atoms with van der Waals surface area (Å²) in [5.74, 6) is -1.02. The van der Waals surface area contributed by atoms with E-state index in [0.717, 1.165) is 24.8 Å². The molecule has 112 valence electrons. The van der Waals surface area contributed by atoms with Crippen molar-refractivity contribution < 1.29 is 19.1 Å². The Hall–Kier alpha value is -2.10. The van der Waals surface area contributed by atoms with Crippen molar-refractivity contribution in [2.75, 3.05) is 7.11 Å². The van der Waals surface area contributed by atoms with Crippen LogP contribution in [0.4, 0.5) is 0 Å². The van der Waals surface area contributed by atoms with Gasteiger partial charge < -0.3 is 9.47 Å². The van der Waals surface area contributed by atoms with Crippen molar-refractivity contribution in [3.05, 3.63) is 47.5 Å². The third-order valence-corrected chi connectivity index (χ3v) is 3.88. The number of rotatable bonds is 5. The molecular formula is C17H20O4. The average Bonchev–Trinajstić information content (AvgIpc) is 2.43. The molecule has 0 N–H and O–H groups in total. The molecule has 2 rings (SSSR count). The maximum atomic E-state index is 12.0. The van der Waals surface area contributed by atoms with E-state index in [4.69, 9.17) is 4.74 Å². The first-order valence-corrected chi connectivity index (χ1v) is 7.02. The van der Waals surface area contributed by atoms with Crippen molar-refractivity contribution in [1.82, 2.24) is 0 Å². The molecule has 0 saturated heterocycles. The van der Waals surface area contributed by atoms with E-state index < -0.39 is 17.5 Å². The van der Waals surface area contributed by atoms with Gasteiger partial charge in [0.25, 0.3) is 0 Å². The maximum Gasteiger partial charge on any atom is 0.333 e. The van der Waals surface area contributed by atoms with Crippen LogP contribution in [0.25, 0.3) is 0 Å². The summed E-state index contributed by atoms with van der Waals surface area (Å²) in [6, 6.07) is 8.01. The minimum absolute atomic E-state index is 0.112. The summed E-state index contributed by atoms with van der Waals surface area (Å²) in [4.78, 5) is 23.3. The molecule has 1 aromatic rings. The molecule has 0 bridgehead atoms. The van der Waals surface area contributed by atoms with Crippen LogP contribution in [0, 0.1) is 6.92 Å². The molecule has 4 nitrogen and oxygen atoms in total. The summed E-state index contributed by atoms with van der Waals surface area (Å²) in [5, 5.41) is 0. The van der Waals surface area contributed by atoms with Crippen molar-refractivity contribution in [3.63, 3.8) is 0 Å². The summed E-state index contributed by atoms with van der Waals surface area (Å²) >= 11 is 0. The standard InChI is InChI=1S/C17H20O4/c1-12-5-7-14(8-6-12)17(9-4-10-17)21-15(18)11-13(2)16(19)20-3/h5-8H,2,4,9-11H2,1,3H3. The molecule has 0 atom stereocenters. The van der Waals surface area contributed by atoms with Crippen molar-refractivity contribution >= 4 is 11.9 Å². The Morgan fingerprint density at radius 2 is 1.86 bits per heavy atom. The van der Waals surface area contributed by atoms with Gasteiger partial charge in [0.1, 0.15) is 5.60 Å². The van der Waals surface area contributed by atoms with Crippen molar-refractivity contribution in [2.24, 2.45) is 0 Å². The van der Waals surface area contributed by atoms with Gasteiger partial charge in [-0.15, -0.1) is 0 Å². The molecule has 0 heterocycles. The fourth-order valence-corrected chi connectivity index (χ4v) is 2.45. The lowest BCUT2D eigenvalue weighted by atomic mass is 9.74. The quantitative estimate of drug-likeness (QED) is 0.617. The predicted octanol–water partition coefficient (Wildman–Crippen LogP) is 3.04. The lowest BCUT2D eigenvalue weighted by Crippen LogP contribution is -2.39. The van der Waals surface area contributed by atoms with Crippen LogP contribution < -0.4 is 0 Å². The monoisotopic (exact) mass is 288 g/mol. The zero-order valence-corrected chi connectivity index (χ0v) is 12.5. The molecule has 0 aromatic heterocycles. The van der Waals surface area contributed by atoms with Gasteiger partial charge in [0, 0.05) is 5.57 Å². The van der Waals surface area contributed by atoms with Crippen LogP contribution in [-0.2, 0) is 24.7 Å². The van der Waals surface area contributed by atoms with Crippen LogP contribution in [0.1, 0.15) is 36.8 Å². The predicted molar refractivity (Wildman–Crippen MR) is 78.6 cm³/mol. The fourth-order valence-electron chi connectivity index (χ4n) is 2.45. The van der Waals surface area contributed by atoms with Gasteiger partial charge in [0.05, 0.1) is 13.5 Å². The highest BCUT2D eigenvalue weighted by Gasteiger charge is 2.42. The van der Waals surface area contributed by atoms with Gasteiger partial charge in [-0.25, -0.2) is 4.79 Å². The van der Waals surface area contributed by atoms with E-state index in [9.17, 15) is 9.59 Å². The Bertz CT molecular complexity index is 553. The van der Waals surface area contributed by atoms with E-state index in [-0.39, 0.29) is 12.0 Å². The van der Waals surface area contributed by atoms with Gasteiger partial charge in [-0.3, -0.25) is 4.79 Å². The summed E-state index contributed by atoms with van der Waals surface area (Å²) in [5.41, 5.74) is 1.75. The number of hydrogen-bond donors (Lipinski definition) is 0. The normalized spacial score (nSPS) is 15.7. The van der Waals surface area contributed by atoms with Crippen LogP contribution in [-0.4, -0.2) is 19.0 Å². The Kier molecular flexibility index (Phi) is 4.46. The molecule has 1 aromatic carbocycles. The number of hydrogen-bond acceptors (Lipinski definition) is 4. The largest absolute Gasteiger partial charge is 0.466 e. The van der Waals surface area contributed by atoms with Gasteiger partial charge in [-0.05, 0) is 31.7 Å². The molecule has 21 heavy (non-hydrogen) atoms. The molecule has 0 unspecified atom stereocenters. The van der Waals surface area contributed by atoms with Crippen LogP contribution in [0.5, 0.6) is 0 Å². The average molecular weight is 288 g/mol. The molecule has 0 radical (unpaired) electrons. The molecule has 1 saturated carbocycles. The van der Waals surface area contributed by atoms with E-state index in [0.29, 0.717) is 0 Å². The lowest BCUT2D eigenvalue weighted by molar-refractivity contribution is -0.171. The van der Waals surface area contributed by atoms with Gasteiger partial charge in [-0.1, -0.05) is 36.4 Å². The van der Waals surface area contributed by atoms with Crippen LogP contribution >= 0.6 is 0 Å². The molecule has 1 aliphatic carbocycles. The first-order chi connectivity index (χ1) is 9.97. The van der Waals surface area contributed by atoms with E-state index in [2.05, 4.69) is 11.3 Å². The third-order valence-electron chi connectivity index (χ3n) is 3.88. The lowest BCUT2D eigenvalue weighted by Gasteiger charge is -2.41. The van der Waals surface area contributed by atoms with Gasteiger partial charge >= 0.3 is 11.9 Å². The number of carbonyl (C=O) groups excluding carboxylic acids is 2. The number of aryl methyl sites for hydroxylation is 1. The van der Waals surface area contributed by atoms with Gasteiger partial charge in [-0.2, -0.15) is 0 Å². The Morgan fingerprint density at radius 1 is 1.24 bits per heavy atom. The number of ether oxygens (including phenoxy) is 2. The van der Waals surface area contributed by atoms with E-state index in [1.54, 1.807) is 0 Å². The zero-order chi connectivity index (χ0) is 15.5. The number of carbonyl (C=O) groups is 2. The van der Waals surface area contributed by atoms with Crippen LogP contribution in [0.3, 0.4) is 0 Å². The molecular weight excluding hydrogens is 268 g/mol. The minimum Gasteiger partial charge on any atom is -0.466 e. The summed E-state index contributed by atoms with van der Waals surface area (Å²) in [6.07, 6.45) is 2.51. The van der Waals surface area contributed by atoms with Crippen molar-refractivity contribution in [1.29, 1.82) is 0 Å². The van der Waals surface area contributed by atoms with Gasteiger partial charge in [0.15, 0.2) is 0 Å².